The van der Waals surface area contributed by atoms with Gasteiger partial charge in [0.2, 0.25) is 5.91 Å². The van der Waals surface area contributed by atoms with Crippen LogP contribution >= 0.6 is 0 Å². The summed E-state index contributed by atoms with van der Waals surface area (Å²) in [7, 11) is 0. The number of hydrogen-bond donors (Lipinski definition) is 2. The van der Waals surface area contributed by atoms with Gasteiger partial charge in [0.25, 0.3) is 5.91 Å². The van der Waals surface area contributed by atoms with Gasteiger partial charge in [-0.25, -0.2) is 0 Å². The smallest absolute Gasteiger partial charge is 0.251 e. The third-order valence-electron chi connectivity index (χ3n) is 4.30. The Kier molecular flexibility index (Phi) is 5.69. The average Bonchev–Trinajstić information content (AvgIpc) is 3.08. The summed E-state index contributed by atoms with van der Waals surface area (Å²) >= 11 is 0. The number of fused-ring (bicyclic) bond motifs is 1. The van der Waals surface area contributed by atoms with Crippen LogP contribution < -0.4 is 10.6 Å². The van der Waals surface area contributed by atoms with Crippen LogP contribution in [0.3, 0.4) is 0 Å². The number of rotatable bonds is 7. The van der Waals surface area contributed by atoms with Crippen LogP contribution in [0.5, 0.6) is 0 Å². The van der Waals surface area contributed by atoms with E-state index in [4.69, 9.17) is 0 Å². The maximum Gasteiger partial charge on any atom is 0.251 e. The minimum atomic E-state index is -0.0814. The molecule has 5 heteroatoms. The van der Waals surface area contributed by atoms with Crippen molar-refractivity contribution >= 4 is 22.7 Å². The van der Waals surface area contributed by atoms with Crippen molar-refractivity contribution in [3.63, 3.8) is 0 Å². The molecular formula is C21H23N3O2. The Morgan fingerprint density at radius 1 is 0.962 bits per heavy atom. The van der Waals surface area contributed by atoms with E-state index < -0.39 is 0 Å². The first-order chi connectivity index (χ1) is 12.7. The van der Waals surface area contributed by atoms with Gasteiger partial charge in [-0.15, -0.1) is 0 Å². The number of aromatic nitrogens is 1. The fraction of sp³-hybridized carbons (Fsp3) is 0.238. The van der Waals surface area contributed by atoms with Gasteiger partial charge in [-0.05, 0) is 42.1 Å². The molecule has 0 saturated heterocycles. The Balaban J connectivity index is 1.49. The van der Waals surface area contributed by atoms with E-state index in [2.05, 4.69) is 33.4 Å². The van der Waals surface area contributed by atoms with Crippen molar-refractivity contribution in [3.8, 4) is 0 Å². The quantitative estimate of drug-likeness (QED) is 0.688. The zero-order valence-corrected chi connectivity index (χ0v) is 14.9. The topological polar surface area (TPSA) is 63.1 Å². The van der Waals surface area contributed by atoms with Gasteiger partial charge in [-0.1, -0.05) is 30.3 Å². The highest BCUT2D eigenvalue weighted by Crippen LogP contribution is 2.15. The number of benzene rings is 2. The van der Waals surface area contributed by atoms with E-state index in [0.29, 0.717) is 31.6 Å². The van der Waals surface area contributed by atoms with Crippen LogP contribution in [0.25, 0.3) is 10.9 Å². The van der Waals surface area contributed by atoms with Gasteiger partial charge < -0.3 is 15.2 Å². The normalized spacial score (nSPS) is 10.7. The van der Waals surface area contributed by atoms with Crippen molar-refractivity contribution in [2.24, 2.45) is 0 Å². The molecule has 3 aromatic rings. The standard InChI is InChI=1S/C21H23N3O2/c1-2-22-21(26)18-9-7-16(8-10-18)15-23-20(25)12-14-24-13-11-17-5-3-4-6-19(17)24/h3-11,13H,2,12,14-15H2,1H3,(H,22,26)(H,23,25). The van der Waals surface area contributed by atoms with Crippen LogP contribution in [0.15, 0.2) is 60.8 Å². The van der Waals surface area contributed by atoms with Crippen molar-refractivity contribution in [1.29, 1.82) is 0 Å². The molecule has 0 unspecified atom stereocenters. The van der Waals surface area contributed by atoms with Gasteiger partial charge in [0.15, 0.2) is 0 Å². The van der Waals surface area contributed by atoms with Crippen LogP contribution in [0.2, 0.25) is 0 Å². The summed E-state index contributed by atoms with van der Waals surface area (Å²) in [4.78, 5) is 23.8. The van der Waals surface area contributed by atoms with E-state index in [1.165, 1.54) is 5.39 Å². The molecule has 3 rings (SSSR count). The van der Waals surface area contributed by atoms with Crippen LogP contribution in [0.1, 0.15) is 29.3 Å². The maximum atomic E-state index is 12.1. The van der Waals surface area contributed by atoms with Crippen molar-refractivity contribution < 1.29 is 9.59 Å². The van der Waals surface area contributed by atoms with E-state index in [0.717, 1.165) is 11.1 Å². The maximum absolute atomic E-state index is 12.1. The fourth-order valence-corrected chi connectivity index (χ4v) is 2.88. The average molecular weight is 349 g/mol. The number of nitrogens with one attached hydrogen (secondary N) is 2. The van der Waals surface area contributed by atoms with Crippen molar-refractivity contribution in [2.75, 3.05) is 6.54 Å². The molecule has 2 amide bonds. The summed E-state index contributed by atoms with van der Waals surface area (Å²) in [5.74, 6) is -0.0716. The summed E-state index contributed by atoms with van der Waals surface area (Å²) in [6.07, 6.45) is 2.44. The van der Waals surface area contributed by atoms with Gasteiger partial charge in [-0.3, -0.25) is 9.59 Å². The van der Waals surface area contributed by atoms with Crippen molar-refractivity contribution in [1.82, 2.24) is 15.2 Å². The number of carbonyl (C=O) groups is 2. The summed E-state index contributed by atoms with van der Waals surface area (Å²) < 4.78 is 2.09. The largest absolute Gasteiger partial charge is 0.352 e. The number of carbonyl (C=O) groups excluding carboxylic acids is 2. The Labute approximate surface area is 153 Å². The third kappa shape index (κ3) is 4.30. The minimum absolute atomic E-state index is 0.00980. The molecule has 2 aromatic carbocycles. The van der Waals surface area contributed by atoms with Crippen LogP contribution in [0, 0.1) is 0 Å². The fourth-order valence-electron chi connectivity index (χ4n) is 2.88. The number of amides is 2. The molecule has 0 saturated carbocycles. The second kappa shape index (κ2) is 8.34. The molecule has 0 bridgehead atoms. The molecule has 134 valence electrons. The first-order valence-electron chi connectivity index (χ1n) is 8.85. The zero-order valence-electron chi connectivity index (χ0n) is 14.9. The molecule has 0 fully saturated rings. The molecule has 1 heterocycles. The second-order valence-electron chi connectivity index (χ2n) is 6.15. The lowest BCUT2D eigenvalue weighted by Crippen LogP contribution is -2.24. The highest BCUT2D eigenvalue weighted by atomic mass is 16.2. The van der Waals surface area contributed by atoms with E-state index in [-0.39, 0.29) is 11.8 Å². The van der Waals surface area contributed by atoms with E-state index in [9.17, 15) is 9.59 Å². The van der Waals surface area contributed by atoms with Gasteiger partial charge in [0.05, 0.1) is 0 Å². The highest BCUT2D eigenvalue weighted by Gasteiger charge is 2.06. The number of para-hydroxylation sites is 1. The van der Waals surface area contributed by atoms with Crippen LogP contribution in [0.4, 0.5) is 0 Å². The van der Waals surface area contributed by atoms with Crippen LogP contribution in [-0.4, -0.2) is 22.9 Å². The molecule has 0 radical (unpaired) electrons. The molecule has 26 heavy (non-hydrogen) atoms. The molecule has 5 nitrogen and oxygen atoms in total. The highest BCUT2D eigenvalue weighted by molar-refractivity contribution is 5.94. The third-order valence-corrected chi connectivity index (χ3v) is 4.30. The number of hydrogen-bond acceptors (Lipinski definition) is 2. The monoisotopic (exact) mass is 349 g/mol. The summed E-state index contributed by atoms with van der Waals surface area (Å²) in [5.41, 5.74) is 2.74. The second-order valence-corrected chi connectivity index (χ2v) is 6.15. The van der Waals surface area contributed by atoms with Crippen molar-refractivity contribution in [2.45, 2.75) is 26.4 Å². The predicted molar refractivity (Wildman–Crippen MR) is 103 cm³/mol. The molecule has 0 aliphatic carbocycles. The lowest BCUT2D eigenvalue weighted by molar-refractivity contribution is -0.121. The lowest BCUT2D eigenvalue weighted by atomic mass is 10.1. The Bertz CT molecular complexity index is 897. The predicted octanol–water partition coefficient (Wildman–Crippen LogP) is 3.10. The molecule has 2 N–H and O–H groups in total. The van der Waals surface area contributed by atoms with Crippen LogP contribution in [-0.2, 0) is 17.9 Å². The minimum Gasteiger partial charge on any atom is -0.352 e. The molecule has 0 aliphatic heterocycles. The molecule has 0 aliphatic rings. The molecule has 1 aromatic heterocycles. The first kappa shape index (κ1) is 17.7. The summed E-state index contributed by atoms with van der Waals surface area (Å²) in [6.45, 7) is 3.60. The first-order valence-corrected chi connectivity index (χ1v) is 8.85. The molecule has 0 spiro atoms. The van der Waals surface area contributed by atoms with Gasteiger partial charge in [0, 0.05) is 43.3 Å². The Hall–Kier alpha value is -3.08. The van der Waals surface area contributed by atoms with Gasteiger partial charge in [0.1, 0.15) is 0 Å². The summed E-state index contributed by atoms with van der Waals surface area (Å²) in [6, 6.07) is 17.5. The Morgan fingerprint density at radius 2 is 1.73 bits per heavy atom. The number of aryl methyl sites for hydroxylation is 1. The summed E-state index contributed by atoms with van der Waals surface area (Å²) in [5, 5.41) is 6.87. The lowest BCUT2D eigenvalue weighted by Gasteiger charge is -2.08. The van der Waals surface area contributed by atoms with E-state index in [1.807, 2.05) is 37.4 Å². The Morgan fingerprint density at radius 3 is 2.50 bits per heavy atom. The SMILES string of the molecule is CCNC(=O)c1ccc(CNC(=O)CCn2ccc3ccccc32)cc1. The zero-order chi connectivity index (χ0) is 18.4. The molecular weight excluding hydrogens is 326 g/mol. The van der Waals surface area contributed by atoms with Gasteiger partial charge in [-0.2, -0.15) is 0 Å². The molecule has 0 atom stereocenters. The van der Waals surface area contributed by atoms with Gasteiger partial charge >= 0.3 is 0 Å². The van der Waals surface area contributed by atoms with Crippen molar-refractivity contribution in [3.05, 3.63) is 71.9 Å². The number of nitrogens with zero attached hydrogens (tertiary/aromatic N) is 1. The van der Waals surface area contributed by atoms with E-state index in [1.54, 1.807) is 12.1 Å². The van der Waals surface area contributed by atoms with E-state index >= 15 is 0 Å².